The predicted molar refractivity (Wildman–Crippen MR) is 70.4 cm³/mol. The molecule has 2 heterocycles. The summed E-state index contributed by atoms with van der Waals surface area (Å²) >= 11 is 0. The van der Waals surface area contributed by atoms with E-state index in [2.05, 4.69) is 4.98 Å². The zero-order valence-electron chi connectivity index (χ0n) is 11.0. The molecular weight excluding hydrogens is 262 g/mol. The second-order valence-electron chi connectivity index (χ2n) is 5.01. The molecule has 2 N–H and O–H groups in total. The molecule has 1 aliphatic heterocycles. The number of pyridine rings is 1. The van der Waals surface area contributed by atoms with Crippen molar-refractivity contribution < 1.29 is 13.5 Å². The van der Waals surface area contributed by atoms with E-state index in [-0.39, 0.29) is 5.82 Å². The summed E-state index contributed by atoms with van der Waals surface area (Å²) in [4.78, 5) is 3.86. The van der Waals surface area contributed by atoms with E-state index in [1.165, 1.54) is 18.2 Å². The number of rotatable bonds is 1. The lowest BCUT2D eigenvalue weighted by Gasteiger charge is -2.34. The van der Waals surface area contributed by atoms with E-state index >= 15 is 0 Å². The lowest BCUT2D eigenvalue weighted by molar-refractivity contribution is 0.230. The van der Waals surface area contributed by atoms with E-state index in [4.69, 9.17) is 10.5 Å². The van der Waals surface area contributed by atoms with Crippen molar-refractivity contribution in [3.8, 4) is 5.75 Å². The zero-order chi connectivity index (χ0) is 14.3. The molecule has 0 bridgehead atoms. The average Bonchev–Trinajstić information content (AvgIpc) is 2.43. The first kappa shape index (κ1) is 13.0. The fourth-order valence-electron chi connectivity index (χ4n) is 2.45. The summed E-state index contributed by atoms with van der Waals surface area (Å²) in [6, 6.07) is 7.52. The van der Waals surface area contributed by atoms with Gasteiger partial charge in [-0.3, -0.25) is 0 Å². The Morgan fingerprint density at radius 1 is 1.25 bits per heavy atom. The molecular formula is C15H14F2N2O. The summed E-state index contributed by atoms with van der Waals surface area (Å²) in [6.07, 6.45) is 0.416. The van der Waals surface area contributed by atoms with E-state index in [1.807, 2.05) is 0 Å². The van der Waals surface area contributed by atoms with Gasteiger partial charge in [0.15, 0.2) is 0 Å². The van der Waals surface area contributed by atoms with Gasteiger partial charge in [0, 0.05) is 6.42 Å². The van der Waals surface area contributed by atoms with Gasteiger partial charge >= 0.3 is 0 Å². The van der Waals surface area contributed by atoms with Crippen molar-refractivity contribution in [1.29, 1.82) is 0 Å². The number of benzene rings is 1. The van der Waals surface area contributed by atoms with Crippen LogP contribution in [0.25, 0.3) is 0 Å². The number of fused-ring (bicyclic) bond motifs is 1. The number of ether oxygens (including phenoxy) is 1. The predicted octanol–water partition coefficient (Wildman–Crippen LogP) is 2.65. The van der Waals surface area contributed by atoms with Gasteiger partial charge in [-0.25, -0.2) is 9.37 Å². The molecule has 1 aromatic heterocycles. The van der Waals surface area contributed by atoms with Crippen molar-refractivity contribution in [2.45, 2.75) is 18.9 Å². The molecule has 0 spiro atoms. The first-order valence-corrected chi connectivity index (χ1v) is 6.36. The van der Waals surface area contributed by atoms with Crippen LogP contribution in [0.3, 0.4) is 0 Å². The van der Waals surface area contributed by atoms with Gasteiger partial charge in [-0.2, -0.15) is 4.39 Å². The maximum Gasteiger partial charge on any atom is 0.213 e. The number of aryl methyl sites for hydroxylation is 1. The summed E-state index contributed by atoms with van der Waals surface area (Å²) in [5.74, 6) is -0.519. The summed E-state index contributed by atoms with van der Waals surface area (Å²) in [6.45, 7) is 2.06. The third-order valence-corrected chi connectivity index (χ3v) is 3.69. The quantitative estimate of drug-likeness (QED) is 0.815. The van der Waals surface area contributed by atoms with E-state index in [0.717, 1.165) is 0 Å². The Labute approximate surface area is 115 Å². The molecule has 0 aliphatic carbocycles. The highest BCUT2D eigenvalue weighted by Crippen LogP contribution is 2.38. The molecule has 1 aliphatic rings. The summed E-state index contributed by atoms with van der Waals surface area (Å²) in [5, 5.41) is 0. The smallest absolute Gasteiger partial charge is 0.213 e. The van der Waals surface area contributed by atoms with Gasteiger partial charge in [-0.1, -0.05) is 12.1 Å². The third kappa shape index (κ3) is 1.94. The second kappa shape index (κ2) is 4.52. The van der Waals surface area contributed by atoms with Gasteiger partial charge in [0.2, 0.25) is 5.95 Å². The molecule has 0 unspecified atom stereocenters. The van der Waals surface area contributed by atoms with Crippen molar-refractivity contribution in [2.75, 3.05) is 6.61 Å². The Hall–Kier alpha value is -2.01. The SMILES string of the molecule is Cc1ccc([C@@]2(N)CCOc3ccc(F)nc32)cc1F. The topological polar surface area (TPSA) is 48.1 Å². The Kier molecular flexibility index (Phi) is 2.94. The Morgan fingerprint density at radius 3 is 2.80 bits per heavy atom. The maximum absolute atomic E-state index is 13.8. The fourth-order valence-corrected chi connectivity index (χ4v) is 2.45. The van der Waals surface area contributed by atoms with Crippen LogP contribution in [-0.2, 0) is 5.54 Å². The van der Waals surface area contributed by atoms with Crippen LogP contribution in [0.4, 0.5) is 8.78 Å². The highest BCUT2D eigenvalue weighted by atomic mass is 19.1. The molecule has 1 atom stereocenters. The second-order valence-corrected chi connectivity index (χ2v) is 5.01. The molecule has 0 fully saturated rings. The minimum atomic E-state index is -1.04. The van der Waals surface area contributed by atoms with Crippen molar-refractivity contribution in [3.63, 3.8) is 0 Å². The number of hydrogen-bond donors (Lipinski definition) is 1. The molecule has 3 nitrogen and oxygen atoms in total. The summed E-state index contributed by atoms with van der Waals surface area (Å²) in [5.41, 5.74) is 6.79. The van der Waals surface area contributed by atoms with Crippen LogP contribution in [-0.4, -0.2) is 11.6 Å². The highest BCUT2D eigenvalue weighted by molar-refractivity contribution is 5.44. The number of aromatic nitrogens is 1. The van der Waals surface area contributed by atoms with Crippen LogP contribution in [0, 0.1) is 18.7 Å². The lowest BCUT2D eigenvalue weighted by Crippen LogP contribution is -2.43. The van der Waals surface area contributed by atoms with Crippen molar-refractivity contribution in [1.82, 2.24) is 4.98 Å². The molecule has 1 aromatic carbocycles. The minimum Gasteiger partial charge on any atom is -0.491 e. The minimum absolute atomic E-state index is 0.312. The molecule has 3 rings (SSSR count). The molecule has 0 saturated heterocycles. The maximum atomic E-state index is 13.8. The number of halogens is 2. The fraction of sp³-hybridized carbons (Fsp3) is 0.267. The number of nitrogens with two attached hydrogens (primary N) is 1. The standard InChI is InChI=1S/C15H14F2N2O/c1-9-2-3-10(8-11(9)16)15(18)6-7-20-12-4-5-13(17)19-14(12)15/h2-5,8H,6-7,18H2,1H3/t15-/m0/s1. The molecule has 5 heteroatoms. The van der Waals surface area contributed by atoms with Gasteiger partial charge in [0.05, 0.1) is 12.1 Å². The molecule has 0 saturated carbocycles. The van der Waals surface area contributed by atoms with E-state index in [0.29, 0.717) is 35.6 Å². The number of hydrogen-bond acceptors (Lipinski definition) is 3. The largest absolute Gasteiger partial charge is 0.491 e. The van der Waals surface area contributed by atoms with Crippen LogP contribution >= 0.6 is 0 Å². The Bertz CT molecular complexity index is 675. The van der Waals surface area contributed by atoms with Gasteiger partial charge in [-0.15, -0.1) is 0 Å². The number of nitrogens with zero attached hydrogens (tertiary/aromatic N) is 1. The van der Waals surface area contributed by atoms with Gasteiger partial charge in [0.1, 0.15) is 17.3 Å². The van der Waals surface area contributed by atoms with Crippen LogP contribution < -0.4 is 10.5 Å². The molecule has 0 radical (unpaired) electrons. The lowest BCUT2D eigenvalue weighted by atomic mass is 9.82. The Balaban J connectivity index is 2.18. The van der Waals surface area contributed by atoms with Gasteiger partial charge < -0.3 is 10.5 Å². The first-order chi connectivity index (χ1) is 9.50. The van der Waals surface area contributed by atoms with Crippen LogP contribution in [0.5, 0.6) is 5.75 Å². The van der Waals surface area contributed by atoms with Crippen molar-refractivity contribution in [2.24, 2.45) is 5.73 Å². The summed E-state index contributed by atoms with van der Waals surface area (Å²) < 4.78 is 32.6. The normalized spacial score (nSPS) is 21.2. The van der Waals surface area contributed by atoms with Crippen LogP contribution in [0.15, 0.2) is 30.3 Å². The molecule has 0 amide bonds. The van der Waals surface area contributed by atoms with E-state index < -0.39 is 11.5 Å². The molecule has 20 heavy (non-hydrogen) atoms. The van der Waals surface area contributed by atoms with E-state index in [9.17, 15) is 8.78 Å². The van der Waals surface area contributed by atoms with E-state index in [1.54, 1.807) is 19.1 Å². The van der Waals surface area contributed by atoms with Gasteiger partial charge in [-0.05, 0) is 36.2 Å². The van der Waals surface area contributed by atoms with Crippen molar-refractivity contribution >= 4 is 0 Å². The average molecular weight is 276 g/mol. The monoisotopic (exact) mass is 276 g/mol. The summed E-state index contributed by atoms with van der Waals surface area (Å²) in [7, 11) is 0. The highest BCUT2D eigenvalue weighted by Gasteiger charge is 2.38. The van der Waals surface area contributed by atoms with Crippen LogP contribution in [0.2, 0.25) is 0 Å². The molecule has 2 aromatic rings. The zero-order valence-corrected chi connectivity index (χ0v) is 11.0. The van der Waals surface area contributed by atoms with Crippen LogP contribution in [0.1, 0.15) is 23.2 Å². The van der Waals surface area contributed by atoms with Crippen molar-refractivity contribution in [3.05, 3.63) is 58.9 Å². The first-order valence-electron chi connectivity index (χ1n) is 6.36. The van der Waals surface area contributed by atoms with Gasteiger partial charge in [0.25, 0.3) is 0 Å². The third-order valence-electron chi connectivity index (χ3n) is 3.69. The Morgan fingerprint density at radius 2 is 2.05 bits per heavy atom. The molecule has 104 valence electrons.